The number of hydrogen-bond acceptors (Lipinski definition) is 3. The van der Waals surface area contributed by atoms with Crippen LogP contribution in [-0.4, -0.2) is 42.8 Å². The Hall–Kier alpha value is -2.27. The molecule has 0 spiro atoms. The minimum Gasteiger partial charge on any atom is -0.485 e. The van der Waals surface area contributed by atoms with Crippen molar-refractivity contribution in [3.05, 3.63) is 53.6 Å². The molecule has 0 unspecified atom stereocenters. The van der Waals surface area contributed by atoms with Crippen LogP contribution in [0, 0.1) is 13.8 Å². The second-order valence-corrected chi connectivity index (χ2v) is 7.21. The number of nitrogens with zero attached hydrogens (tertiary/aromatic N) is 2. The zero-order valence-corrected chi connectivity index (χ0v) is 16.8. The maximum atomic E-state index is 6.21. The van der Waals surface area contributed by atoms with Crippen LogP contribution in [0.25, 0.3) is 0 Å². The Morgan fingerprint density at radius 2 is 1.88 bits per heavy atom. The predicted octanol–water partition coefficient (Wildman–Crippen LogP) is 4.22. The first-order valence-corrected chi connectivity index (χ1v) is 9.49. The molecule has 2 aromatic rings. The molecular formula is C21H27N3OS. The van der Waals surface area contributed by atoms with Crippen LogP contribution in [0.2, 0.25) is 0 Å². The quantitative estimate of drug-likeness (QED) is 0.815. The molecule has 0 aromatic heterocycles. The third kappa shape index (κ3) is 3.93. The fourth-order valence-electron chi connectivity index (χ4n) is 3.38. The number of hydrogen-bond donors (Lipinski definition) is 1. The van der Waals surface area contributed by atoms with Crippen molar-refractivity contribution in [3.8, 4) is 5.75 Å². The van der Waals surface area contributed by atoms with Crippen molar-refractivity contribution in [2.24, 2.45) is 0 Å². The van der Waals surface area contributed by atoms with E-state index in [9.17, 15) is 0 Å². The van der Waals surface area contributed by atoms with Crippen LogP contribution in [0.4, 0.5) is 11.4 Å². The fraction of sp³-hybridized carbons (Fsp3) is 0.381. The van der Waals surface area contributed by atoms with E-state index in [0.717, 1.165) is 31.1 Å². The summed E-state index contributed by atoms with van der Waals surface area (Å²) in [5.74, 6) is 0.952. The van der Waals surface area contributed by atoms with Gasteiger partial charge in [0.2, 0.25) is 0 Å². The highest BCUT2D eigenvalue weighted by Crippen LogP contribution is 2.32. The smallest absolute Gasteiger partial charge is 0.173 e. The number of thiocarbonyl (C=S) groups is 1. The molecule has 1 aliphatic heterocycles. The molecule has 138 valence electrons. The lowest BCUT2D eigenvalue weighted by atomic mass is 10.1. The lowest BCUT2D eigenvalue weighted by Gasteiger charge is -2.37. The maximum absolute atomic E-state index is 6.21. The van der Waals surface area contributed by atoms with E-state index in [-0.39, 0.29) is 6.10 Å². The monoisotopic (exact) mass is 369 g/mol. The molecule has 0 saturated heterocycles. The molecule has 0 fully saturated rings. The van der Waals surface area contributed by atoms with E-state index in [1.807, 2.05) is 19.2 Å². The van der Waals surface area contributed by atoms with Gasteiger partial charge < -0.3 is 19.9 Å². The van der Waals surface area contributed by atoms with Crippen molar-refractivity contribution in [1.29, 1.82) is 0 Å². The molecule has 1 N–H and O–H groups in total. The number of ether oxygens (including phenoxy) is 1. The van der Waals surface area contributed by atoms with Gasteiger partial charge in [-0.15, -0.1) is 0 Å². The molecule has 1 heterocycles. The number of anilines is 2. The van der Waals surface area contributed by atoms with Crippen LogP contribution in [0.3, 0.4) is 0 Å². The van der Waals surface area contributed by atoms with E-state index in [4.69, 9.17) is 17.0 Å². The van der Waals surface area contributed by atoms with Crippen molar-refractivity contribution in [2.45, 2.75) is 26.9 Å². The highest BCUT2D eigenvalue weighted by atomic mass is 32.1. The van der Waals surface area contributed by atoms with Crippen molar-refractivity contribution >= 4 is 28.7 Å². The molecule has 0 radical (unpaired) electrons. The van der Waals surface area contributed by atoms with E-state index < -0.39 is 0 Å². The molecule has 0 amide bonds. The van der Waals surface area contributed by atoms with Crippen LogP contribution in [0.1, 0.15) is 18.1 Å². The zero-order chi connectivity index (χ0) is 18.7. The zero-order valence-electron chi connectivity index (χ0n) is 16.0. The summed E-state index contributed by atoms with van der Waals surface area (Å²) in [5.41, 5.74) is 4.65. The van der Waals surface area contributed by atoms with Gasteiger partial charge in [0.1, 0.15) is 11.9 Å². The Kier molecular flexibility index (Phi) is 5.67. The van der Waals surface area contributed by atoms with E-state index >= 15 is 0 Å². The number of rotatable bonds is 4. The summed E-state index contributed by atoms with van der Waals surface area (Å²) in [6.07, 6.45) is 0.0765. The highest BCUT2D eigenvalue weighted by Gasteiger charge is 2.26. The molecular weight excluding hydrogens is 342 g/mol. The first-order chi connectivity index (χ1) is 12.5. The van der Waals surface area contributed by atoms with Crippen LogP contribution < -0.4 is 15.0 Å². The van der Waals surface area contributed by atoms with Gasteiger partial charge >= 0.3 is 0 Å². The van der Waals surface area contributed by atoms with Crippen molar-refractivity contribution in [1.82, 2.24) is 4.90 Å². The Morgan fingerprint density at radius 3 is 2.58 bits per heavy atom. The van der Waals surface area contributed by atoms with E-state index in [2.05, 4.69) is 66.2 Å². The van der Waals surface area contributed by atoms with E-state index in [1.54, 1.807) is 0 Å². The molecule has 1 aliphatic rings. The Bertz CT molecular complexity index is 772. The van der Waals surface area contributed by atoms with Gasteiger partial charge in [0.15, 0.2) is 5.11 Å². The Balaban J connectivity index is 1.66. The van der Waals surface area contributed by atoms with Gasteiger partial charge in [0.25, 0.3) is 0 Å². The molecule has 0 saturated carbocycles. The summed E-state index contributed by atoms with van der Waals surface area (Å²) in [4.78, 5) is 4.42. The molecule has 0 bridgehead atoms. The number of likely N-dealkylation sites (N-methyl/N-ethyl adjacent to an activating group) is 2. The topological polar surface area (TPSA) is 27.7 Å². The molecule has 26 heavy (non-hydrogen) atoms. The van der Waals surface area contributed by atoms with Gasteiger partial charge in [0, 0.05) is 19.3 Å². The van der Waals surface area contributed by atoms with Gasteiger partial charge in [-0.1, -0.05) is 30.3 Å². The third-order valence-corrected chi connectivity index (χ3v) is 5.26. The van der Waals surface area contributed by atoms with E-state index in [0.29, 0.717) is 5.11 Å². The standard InChI is InChI=1S/C21H27N3OS/c1-5-24-14-17(25-19-12-7-6-11-18(19)24)13-23(4)21(26)22-20-15(2)9-8-10-16(20)3/h6-12,17H,5,13-14H2,1-4H3,(H,22,26)/t17-/m0/s1. The largest absolute Gasteiger partial charge is 0.485 e. The van der Waals surface area contributed by atoms with Gasteiger partial charge in [-0.25, -0.2) is 0 Å². The number of nitrogens with one attached hydrogen (secondary N) is 1. The SMILES string of the molecule is CCN1C[C@H](CN(C)C(=S)Nc2c(C)cccc2C)Oc2ccccc21. The lowest BCUT2D eigenvalue weighted by molar-refractivity contribution is 0.169. The van der Waals surface area contributed by atoms with Crippen LogP contribution in [0.15, 0.2) is 42.5 Å². The minimum absolute atomic E-state index is 0.0765. The normalized spacial score (nSPS) is 15.8. The first kappa shape index (κ1) is 18.5. The number of aryl methyl sites for hydroxylation is 2. The highest BCUT2D eigenvalue weighted by molar-refractivity contribution is 7.80. The Labute approximate surface area is 161 Å². The summed E-state index contributed by atoms with van der Waals surface area (Å²) in [6.45, 7) is 8.93. The average molecular weight is 370 g/mol. The molecule has 4 nitrogen and oxygen atoms in total. The second kappa shape index (κ2) is 7.96. The average Bonchev–Trinajstić information content (AvgIpc) is 2.64. The number of fused-ring (bicyclic) bond motifs is 1. The molecule has 1 atom stereocenters. The number of benzene rings is 2. The second-order valence-electron chi connectivity index (χ2n) is 6.82. The maximum Gasteiger partial charge on any atom is 0.173 e. The minimum atomic E-state index is 0.0765. The van der Waals surface area contributed by atoms with Crippen LogP contribution in [0.5, 0.6) is 5.75 Å². The van der Waals surface area contributed by atoms with Gasteiger partial charge in [-0.05, 0) is 56.2 Å². The Morgan fingerprint density at radius 1 is 1.19 bits per heavy atom. The van der Waals surface area contributed by atoms with Gasteiger partial charge in [-0.3, -0.25) is 0 Å². The number of para-hydroxylation sites is 3. The summed E-state index contributed by atoms with van der Waals surface area (Å²) in [6, 6.07) is 14.5. The van der Waals surface area contributed by atoms with Crippen molar-refractivity contribution in [2.75, 3.05) is 36.9 Å². The van der Waals surface area contributed by atoms with Crippen molar-refractivity contribution in [3.63, 3.8) is 0 Å². The lowest BCUT2D eigenvalue weighted by Crippen LogP contribution is -2.47. The van der Waals surface area contributed by atoms with Crippen LogP contribution in [-0.2, 0) is 0 Å². The summed E-state index contributed by atoms with van der Waals surface area (Å²) < 4.78 is 6.21. The first-order valence-electron chi connectivity index (χ1n) is 9.08. The third-order valence-electron chi connectivity index (χ3n) is 4.84. The molecule has 0 aliphatic carbocycles. The molecule has 3 rings (SSSR count). The van der Waals surface area contributed by atoms with Crippen LogP contribution >= 0.6 is 12.2 Å². The van der Waals surface area contributed by atoms with Gasteiger partial charge in [0.05, 0.1) is 18.8 Å². The fourth-order valence-corrected chi connectivity index (χ4v) is 3.55. The summed E-state index contributed by atoms with van der Waals surface area (Å²) in [5, 5.41) is 4.12. The summed E-state index contributed by atoms with van der Waals surface area (Å²) >= 11 is 5.63. The van der Waals surface area contributed by atoms with Crippen molar-refractivity contribution < 1.29 is 4.74 Å². The summed E-state index contributed by atoms with van der Waals surface area (Å²) in [7, 11) is 2.02. The van der Waals surface area contributed by atoms with Gasteiger partial charge in [-0.2, -0.15) is 0 Å². The molecule has 5 heteroatoms. The molecule has 2 aromatic carbocycles. The van der Waals surface area contributed by atoms with E-state index in [1.165, 1.54) is 16.8 Å². The predicted molar refractivity (Wildman–Crippen MR) is 114 cm³/mol.